The predicted molar refractivity (Wildman–Crippen MR) is 130 cm³/mol. The molecule has 6 rings (SSSR count). The van der Waals surface area contributed by atoms with Gasteiger partial charge in [0.05, 0.1) is 13.1 Å². The Kier molecular flexibility index (Phi) is 6.58. The van der Waals surface area contributed by atoms with Crippen LogP contribution in [0.15, 0.2) is 84.9 Å². The molecule has 182 valence electrons. The molecule has 1 atom stereocenters. The van der Waals surface area contributed by atoms with Gasteiger partial charge in [0, 0.05) is 18.8 Å². The summed E-state index contributed by atoms with van der Waals surface area (Å²) in [6, 6.07) is 24.4. The first kappa shape index (κ1) is 23.5. The van der Waals surface area contributed by atoms with Gasteiger partial charge in [0.2, 0.25) is 5.60 Å². The van der Waals surface area contributed by atoms with Gasteiger partial charge in [0.25, 0.3) is 0 Å². The first-order chi connectivity index (χ1) is 17.0. The van der Waals surface area contributed by atoms with Gasteiger partial charge in [-0.2, -0.15) is 0 Å². The summed E-state index contributed by atoms with van der Waals surface area (Å²) in [7, 11) is 0. The molecule has 0 radical (unpaired) electrons. The largest absolute Gasteiger partial charge is 0.485 e. The molecule has 3 saturated heterocycles. The van der Waals surface area contributed by atoms with E-state index in [-0.39, 0.29) is 23.6 Å². The van der Waals surface area contributed by atoms with Crippen LogP contribution in [0.5, 0.6) is 5.75 Å². The number of hydrogen-bond donors (Lipinski definition) is 1. The first-order valence-electron chi connectivity index (χ1n) is 12.3. The van der Waals surface area contributed by atoms with Gasteiger partial charge in [0.15, 0.2) is 17.7 Å². The minimum absolute atomic E-state index is 0.261. The summed E-state index contributed by atoms with van der Waals surface area (Å²) in [5, 5.41) is 11.7. The van der Waals surface area contributed by atoms with E-state index in [1.165, 1.54) is 6.07 Å². The normalized spacial score (nSPS) is 23.6. The maximum Gasteiger partial charge on any atom is 0.348 e. The monoisotopic (exact) mass is 476 g/mol. The van der Waals surface area contributed by atoms with E-state index in [9.17, 15) is 14.3 Å². The summed E-state index contributed by atoms with van der Waals surface area (Å²) < 4.78 is 26.5. The van der Waals surface area contributed by atoms with Crippen LogP contribution in [0.4, 0.5) is 4.39 Å². The molecule has 0 amide bonds. The Labute approximate surface area is 205 Å². The van der Waals surface area contributed by atoms with Crippen LogP contribution in [0.25, 0.3) is 0 Å². The van der Waals surface area contributed by atoms with Crippen LogP contribution in [0.2, 0.25) is 0 Å². The summed E-state index contributed by atoms with van der Waals surface area (Å²) in [6.07, 6.45) is 1.62. The Balaban J connectivity index is 1.31. The number of rotatable bonds is 8. The lowest BCUT2D eigenvalue weighted by atomic mass is 9.82. The molecule has 0 aliphatic carbocycles. The Hall–Kier alpha value is -3.22. The van der Waals surface area contributed by atoms with Crippen molar-refractivity contribution in [3.8, 4) is 5.75 Å². The van der Waals surface area contributed by atoms with Gasteiger partial charge in [-0.25, -0.2) is 9.18 Å². The maximum absolute atomic E-state index is 13.9. The average Bonchev–Trinajstić information content (AvgIpc) is 2.91. The highest BCUT2D eigenvalue weighted by atomic mass is 19.1. The Morgan fingerprint density at radius 2 is 1.49 bits per heavy atom. The van der Waals surface area contributed by atoms with Gasteiger partial charge in [-0.05, 0) is 23.3 Å². The Bertz CT molecular complexity index is 1110. The molecule has 0 aromatic heterocycles. The molecular weight excluding hydrogens is 445 g/mol. The van der Waals surface area contributed by atoms with E-state index in [0.717, 1.165) is 37.0 Å². The number of halogens is 1. The number of para-hydroxylation sites is 1. The van der Waals surface area contributed by atoms with Crippen LogP contribution in [-0.4, -0.2) is 54.4 Å². The fourth-order valence-corrected chi connectivity index (χ4v) is 5.56. The lowest BCUT2D eigenvalue weighted by Crippen LogP contribution is -2.65. The van der Waals surface area contributed by atoms with Crippen molar-refractivity contribution in [3.05, 3.63) is 102 Å². The average molecular weight is 477 g/mol. The predicted octanol–water partition coefficient (Wildman–Crippen LogP) is 4.29. The van der Waals surface area contributed by atoms with Crippen molar-refractivity contribution in [2.24, 2.45) is 5.92 Å². The number of piperidine rings is 3. The third-order valence-electron chi connectivity index (χ3n) is 7.64. The fraction of sp³-hybridized carbons (Fsp3) is 0.345. The van der Waals surface area contributed by atoms with Crippen LogP contribution < -0.4 is 4.74 Å². The van der Waals surface area contributed by atoms with Crippen molar-refractivity contribution in [1.82, 2.24) is 0 Å². The van der Waals surface area contributed by atoms with Crippen LogP contribution in [0.3, 0.4) is 0 Å². The van der Waals surface area contributed by atoms with E-state index in [4.69, 9.17) is 9.47 Å². The van der Waals surface area contributed by atoms with Gasteiger partial charge in [-0.15, -0.1) is 0 Å². The second-order valence-corrected chi connectivity index (χ2v) is 9.70. The molecule has 0 spiro atoms. The molecule has 35 heavy (non-hydrogen) atoms. The molecular formula is C29H31FNO4+. The smallest absolute Gasteiger partial charge is 0.348 e. The highest BCUT2D eigenvalue weighted by molar-refractivity contribution is 5.85. The van der Waals surface area contributed by atoms with E-state index in [1.54, 1.807) is 66.7 Å². The molecule has 0 saturated carbocycles. The van der Waals surface area contributed by atoms with E-state index in [1.807, 2.05) is 12.1 Å². The maximum atomic E-state index is 13.9. The summed E-state index contributed by atoms with van der Waals surface area (Å²) in [4.78, 5) is 13.6. The number of nitrogens with zero attached hydrogens (tertiary/aromatic N) is 1. The summed E-state index contributed by atoms with van der Waals surface area (Å²) in [5.74, 6) is -0.467. The van der Waals surface area contributed by atoms with E-state index < -0.39 is 11.6 Å². The third kappa shape index (κ3) is 4.68. The van der Waals surface area contributed by atoms with Crippen molar-refractivity contribution in [2.75, 3.05) is 32.8 Å². The molecule has 1 unspecified atom stereocenters. The second-order valence-electron chi connectivity index (χ2n) is 9.70. The number of ether oxygens (including phenoxy) is 2. The zero-order valence-electron chi connectivity index (χ0n) is 19.7. The van der Waals surface area contributed by atoms with E-state index >= 15 is 0 Å². The minimum atomic E-state index is -1.88. The van der Waals surface area contributed by atoms with Crippen LogP contribution in [0.1, 0.15) is 24.0 Å². The van der Waals surface area contributed by atoms with Crippen molar-refractivity contribution in [1.29, 1.82) is 0 Å². The molecule has 3 aromatic rings. The molecule has 3 aliphatic rings. The number of hydrogen-bond acceptors (Lipinski definition) is 4. The van der Waals surface area contributed by atoms with Crippen molar-refractivity contribution >= 4 is 5.97 Å². The fourth-order valence-electron chi connectivity index (χ4n) is 5.56. The van der Waals surface area contributed by atoms with Crippen LogP contribution in [-0.2, 0) is 15.1 Å². The lowest BCUT2D eigenvalue weighted by molar-refractivity contribution is -0.946. The topological polar surface area (TPSA) is 55.8 Å². The third-order valence-corrected chi connectivity index (χ3v) is 7.64. The standard InChI is InChI=1S/C29H31FNO4/c30-25-13-7-8-14-26(25)34-20-19-31-17-15-22(16-18-31)27(21-31)35-28(32)29(33,23-9-3-1-4-10-23)24-11-5-2-6-12-24/h1-14,22,27,33H,15-21H2/q+1. The highest BCUT2D eigenvalue weighted by Crippen LogP contribution is 2.38. The van der Waals surface area contributed by atoms with Gasteiger partial charge in [-0.3, -0.25) is 0 Å². The number of esters is 1. The molecule has 3 aromatic carbocycles. The van der Waals surface area contributed by atoms with Gasteiger partial charge in [-0.1, -0.05) is 72.8 Å². The summed E-state index contributed by atoms with van der Waals surface area (Å²) in [6.45, 7) is 3.76. The highest BCUT2D eigenvalue weighted by Gasteiger charge is 2.50. The molecule has 3 heterocycles. The zero-order chi connectivity index (χ0) is 24.3. The Morgan fingerprint density at radius 1 is 0.914 bits per heavy atom. The number of carbonyl (C=O) groups excluding carboxylic acids is 1. The number of quaternary nitrogens is 1. The number of carbonyl (C=O) groups is 1. The molecule has 3 fully saturated rings. The van der Waals surface area contributed by atoms with Crippen molar-refractivity contribution in [3.63, 3.8) is 0 Å². The number of fused-ring (bicyclic) bond motifs is 3. The van der Waals surface area contributed by atoms with Gasteiger partial charge in [0.1, 0.15) is 19.7 Å². The molecule has 5 nitrogen and oxygen atoms in total. The molecule has 1 N–H and O–H groups in total. The Morgan fingerprint density at radius 3 is 2.09 bits per heavy atom. The molecule has 2 bridgehead atoms. The minimum Gasteiger partial charge on any atom is -0.485 e. The van der Waals surface area contributed by atoms with Gasteiger partial charge < -0.3 is 19.1 Å². The number of benzene rings is 3. The van der Waals surface area contributed by atoms with Crippen LogP contribution >= 0.6 is 0 Å². The van der Waals surface area contributed by atoms with Crippen molar-refractivity contribution < 1.29 is 28.2 Å². The second kappa shape index (κ2) is 9.80. The number of aliphatic hydroxyl groups is 1. The van der Waals surface area contributed by atoms with Crippen LogP contribution in [0, 0.1) is 11.7 Å². The quantitative estimate of drug-likeness (QED) is 0.389. The lowest BCUT2D eigenvalue weighted by Gasteiger charge is -2.52. The molecule has 3 aliphatic heterocycles. The molecule has 6 heteroatoms. The summed E-state index contributed by atoms with van der Waals surface area (Å²) in [5.41, 5.74) is -0.910. The first-order valence-corrected chi connectivity index (χ1v) is 12.3. The van der Waals surface area contributed by atoms with Crippen molar-refractivity contribution in [2.45, 2.75) is 24.5 Å². The van der Waals surface area contributed by atoms with E-state index in [2.05, 4.69) is 0 Å². The zero-order valence-corrected chi connectivity index (χ0v) is 19.7. The van der Waals surface area contributed by atoms with E-state index in [0.29, 0.717) is 24.3 Å². The van der Waals surface area contributed by atoms with Gasteiger partial charge >= 0.3 is 5.97 Å². The summed E-state index contributed by atoms with van der Waals surface area (Å²) >= 11 is 0. The SMILES string of the molecule is O=C(OC1C[N+]2(CCOc3ccccc3F)CCC1CC2)C(O)(c1ccccc1)c1ccccc1.